The fourth-order valence-corrected chi connectivity index (χ4v) is 3.84. The van der Waals surface area contributed by atoms with E-state index in [1.165, 1.54) is 10.4 Å². The summed E-state index contributed by atoms with van der Waals surface area (Å²) in [5.41, 5.74) is 1.22. The maximum Gasteiger partial charge on any atom is 0.148 e. The van der Waals surface area contributed by atoms with Gasteiger partial charge in [0.05, 0.1) is 8.95 Å². The Morgan fingerprint density at radius 2 is 1.95 bits per heavy atom. The van der Waals surface area contributed by atoms with Crippen LogP contribution in [0.1, 0.15) is 24.3 Å². The lowest BCUT2D eigenvalue weighted by Crippen LogP contribution is -2.21. The largest absolute Gasteiger partial charge is 0.486 e. The average Bonchev–Trinajstić information content (AvgIpc) is 2.88. The standard InChI is InChI=1S/C15H17Br2NOS/c1-10(2)18-8-11-6-13(16)15(14(17)7-11)19-9-12-4-3-5-20-12/h3-7,10,18H,8-9H2,1-2H3. The summed E-state index contributed by atoms with van der Waals surface area (Å²) in [5.74, 6) is 0.853. The Morgan fingerprint density at radius 1 is 1.25 bits per heavy atom. The van der Waals surface area contributed by atoms with Crippen LogP contribution < -0.4 is 10.1 Å². The van der Waals surface area contributed by atoms with E-state index in [0.29, 0.717) is 12.6 Å². The van der Waals surface area contributed by atoms with Crippen LogP contribution in [0.5, 0.6) is 5.75 Å². The van der Waals surface area contributed by atoms with Gasteiger partial charge in [-0.2, -0.15) is 0 Å². The first-order valence-corrected chi connectivity index (χ1v) is 8.89. The first-order valence-electron chi connectivity index (χ1n) is 6.42. The molecule has 108 valence electrons. The number of nitrogens with one attached hydrogen (secondary N) is 1. The molecular formula is C15H17Br2NOS. The van der Waals surface area contributed by atoms with Gasteiger partial charge >= 0.3 is 0 Å². The summed E-state index contributed by atoms with van der Waals surface area (Å²) >= 11 is 8.88. The monoisotopic (exact) mass is 417 g/mol. The van der Waals surface area contributed by atoms with Crippen LogP contribution in [0.25, 0.3) is 0 Å². The fourth-order valence-electron chi connectivity index (χ4n) is 1.71. The van der Waals surface area contributed by atoms with Crippen LogP contribution in [-0.2, 0) is 13.2 Å². The van der Waals surface area contributed by atoms with E-state index in [-0.39, 0.29) is 0 Å². The summed E-state index contributed by atoms with van der Waals surface area (Å²) in [4.78, 5) is 1.22. The molecule has 2 rings (SSSR count). The number of rotatable bonds is 6. The Bertz CT molecular complexity index is 532. The molecule has 2 nitrogen and oxygen atoms in total. The van der Waals surface area contributed by atoms with Gasteiger partial charge in [0.25, 0.3) is 0 Å². The van der Waals surface area contributed by atoms with E-state index < -0.39 is 0 Å². The molecule has 0 aliphatic rings. The van der Waals surface area contributed by atoms with Crippen LogP contribution in [0, 0.1) is 0 Å². The molecule has 0 radical (unpaired) electrons. The second-order valence-corrected chi connectivity index (χ2v) is 7.53. The zero-order chi connectivity index (χ0) is 14.5. The molecule has 1 heterocycles. The van der Waals surface area contributed by atoms with Crippen molar-refractivity contribution in [1.82, 2.24) is 5.32 Å². The molecule has 2 aromatic rings. The Hall–Kier alpha value is -0.360. The van der Waals surface area contributed by atoms with Gasteiger partial charge in [0.2, 0.25) is 0 Å². The van der Waals surface area contributed by atoms with Crippen LogP contribution >= 0.6 is 43.2 Å². The van der Waals surface area contributed by atoms with Gasteiger partial charge in [-0.15, -0.1) is 11.3 Å². The Labute approximate surface area is 140 Å². The van der Waals surface area contributed by atoms with E-state index in [2.05, 4.69) is 74.6 Å². The second kappa shape index (κ2) is 7.59. The fraction of sp³-hybridized carbons (Fsp3) is 0.333. The zero-order valence-electron chi connectivity index (χ0n) is 11.5. The van der Waals surface area contributed by atoms with E-state index >= 15 is 0 Å². The first-order chi connectivity index (χ1) is 9.56. The third kappa shape index (κ3) is 4.58. The first kappa shape index (κ1) is 16.0. The van der Waals surface area contributed by atoms with Gasteiger partial charge < -0.3 is 10.1 Å². The van der Waals surface area contributed by atoms with Gasteiger partial charge in [-0.05, 0) is 61.0 Å². The van der Waals surface area contributed by atoms with Gasteiger partial charge in [-0.3, -0.25) is 0 Å². The molecule has 0 spiro atoms. The molecule has 20 heavy (non-hydrogen) atoms. The lowest BCUT2D eigenvalue weighted by molar-refractivity contribution is 0.305. The maximum absolute atomic E-state index is 5.89. The Morgan fingerprint density at radius 3 is 2.50 bits per heavy atom. The molecule has 1 aromatic heterocycles. The molecule has 1 aromatic carbocycles. The molecule has 0 saturated heterocycles. The van der Waals surface area contributed by atoms with Crippen LogP contribution in [0.4, 0.5) is 0 Å². The molecule has 0 aliphatic heterocycles. The van der Waals surface area contributed by atoms with E-state index in [1.54, 1.807) is 11.3 Å². The highest BCUT2D eigenvalue weighted by Crippen LogP contribution is 2.35. The minimum Gasteiger partial charge on any atom is -0.486 e. The van der Waals surface area contributed by atoms with Crippen molar-refractivity contribution in [2.75, 3.05) is 0 Å². The summed E-state index contributed by atoms with van der Waals surface area (Å²) in [6.45, 7) is 5.73. The van der Waals surface area contributed by atoms with Crippen molar-refractivity contribution in [3.8, 4) is 5.75 Å². The molecule has 0 amide bonds. The number of thiophene rings is 1. The molecule has 0 fully saturated rings. The van der Waals surface area contributed by atoms with E-state index in [0.717, 1.165) is 21.2 Å². The van der Waals surface area contributed by atoms with Crippen LogP contribution in [-0.4, -0.2) is 6.04 Å². The van der Waals surface area contributed by atoms with Gasteiger partial charge in [0, 0.05) is 17.5 Å². The van der Waals surface area contributed by atoms with Crippen LogP contribution in [0.15, 0.2) is 38.6 Å². The lowest BCUT2D eigenvalue weighted by Gasteiger charge is -2.13. The number of halogens is 2. The van der Waals surface area contributed by atoms with E-state index in [9.17, 15) is 0 Å². The minimum atomic E-state index is 0.474. The van der Waals surface area contributed by atoms with Crippen molar-refractivity contribution in [2.24, 2.45) is 0 Å². The molecular weight excluding hydrogens is 402 g/mol. The Balaban J connectivity index is 2.06. The molecule has 0 atom stereocenters. The smallest absolute Gasteiger partial charge is 0.148 e. The molecule has 0 unspecified atom stereocenters. The van der Waals surface area contributed by atoms with Gasteiger partial charge in [0.15, 0.2) is 0 Å². The summed E-state index contributed by atoms with van der Waals surface area (Å²) in [6, 6.07) is 8.79. The summed E-state index contributed by atoms with van der Waals surface area (Å²) in [6.07, 6.45) is 0. The van der Waals surface area contributed by atoms with Crippen molar-refractivity contribution in [1.29, 1.82) is 0 Å². The highest BCUT2D eigenvalue weighted by Gasteiger charge is 2.10. The number of hydrogen-bond donors (Lipinski definition) is 1. The van der Waals surface area contributed by atoms with Crippen LogP contribution in [0.2, 0.25) is 0 Å². The quantitative estimate of drug-likeness (QED) is 0.682. The summed E-state index contributed by atoms with van der Waals surface area (Å²) in [7, 11) is 0. The highest BCUT2D eigenvalue weighted by atomic mass is 79.9. The third-order valence-corrected chi connectivity index (χ3v) is 4.74. The number of benzene rings is 1. The van der Waals surface area contributed by atoms with Gasteiger partial charge in [-0.1, -0.05) is 19.9 Å². The number of hydrogen-bond acceptors (Lipinski definition) is 3. The van der Waals surface area contributed by atoms with Crippen molar-refractivity contribution in [3.05, 3.63) is 49.0 Å². The highest BCUT2D eigenvalue weighted by molar-refractivity contribution is 9.11. The molecule has 0 bridgehead atoms. The van der Waals surface area contributed by atoms with Gasteiger partial charge in [-0.25, -0.2) is 0 Å². The average molecular weight is 419 g/mol. The molecule has 0 aliphatic carbocycles. The maximum atomic E-state index is 5.89. The van der Waals surface area contributed by atoms with Crippen molar-refractivity contribution in [2.45, 2.75) is 33.0 Å². The van der Waals surface area contributed by atoms with Crippen molar-refractivity contribution in [3.63, 3.8) is 0 Å². The zero-order valence-corrected chi connectivity index (χ0v) is 15.4. The predicted octanol–water partition coefficient (Wildman–Crippen LogP) is 5.35. The SMILES string of the molecule is CC(C)NCc1cc(Br)c(OCc2cccs2)c(Br)c1. The molecule has 5 heteroatoms. The van der Waals surface area contributed by atoms with E-state index in [4.69, 9.17) is 4.74 Å². The predicted molar refractivity (Wildman–Crippen MR) is 92.5 cm³/mol. The van der Waals surface area contributed by atoms with Crippen molar-refractivity contribution < 1.29 is 4.74 Å². The van der Waals surface area contributed by atoms with Crippen LogP contribution in [0.3, 0.4) is 0 Å². The minimum absolute atomic E-state index is 0.474. The number of ether oxygens (including phenoxy) is 1. The van der Waals surface area contributed by atoms with Crippen molar-refractivity contribution >= 4 is 43.2 Å². The second-order valence-electron chi connectivity index (χ2n) is 4.79. The van der Waals surface area contributed by atoms with Gasteiger partial charge in [0.1, 0.15) is 12.4 Å². The topological polar surface area (TPSA) is 21.3 Å². The third-order valence-electron chi connectivity index (χ3n) is 2.71. The Kier molecular flexibility index (Phi) is 6.08. The molecule has 0 saturated carbocycles. The lowest BCUT2D eigenvalue weighted by atomic mass is 10.2. The normalized spacial score (nSPS) is 11.1. The molecule has 1 N–H and O–H groups in total. The van der Waals surface area contributed by atoms with E-state index in [1.807, 2.05) is 6.07 Å². The summed E-state index contributed by atoms with van der Waals surface area (Å²) < 4.78 is 7.84. The summed E-state index contributed by atoms with van der Waals surface area (Å²) in [5, 5.41) is 5.47.